The lowest BCUT2D eigenvalue weighted by molar-refractivity contribution is -0.116. The maximum atomic E-state index is 15.1. The van der Waals surface area contributed by atoms with Crippen molar-refractivity contribution in [2.75, 3.05) is 63.1 Å². The van der Waals surface area contributed by atoms with Gasteiger partial charge in [-0.1, -0.05) is 12.1 Å². The number of amides is 1. The van der Waals surface area contributed by atoms with Gasteiger partial charge in [0.05, 0.1) is 16.6 Å². The van der Waals surface area contributed by atoms with E-state index >= 15 is 4.39 Å². The average Bonchev–Trinajstić information content (AvgIpc) is 3.48. The summed E-state index contributed by atoms with van der Waals surface area (Å²) in [7, 11) is 2.07. The summed E-state index contributed by atoms with van der Waals surface area (Å²) in [6.45, 7) is 6.76. The summed E-state index contributed by atoms with van der Waals surface area (Å²) in [4.78, 5) is 37.3. The van der Waals surface area contributed by atoms with Crippen LogP contribution in [0.25, 0.3) is 22.6 Å². The summed E-state index contributed by atoms with van der Waals surface area (Å²) in [5.74, 6) is 0.312. The Hall–Kier alpha value is -3.56. The van der Waals surface area contributed by atoms with E-state index in [1.165, 1.54) is 18.9 Å². The van der Waals surface area contributed by atoms with E-state index in [4.69, 9.17) is 4.98 Å². The Kier molecular flexibility index (Phi) is 7.67. The number of rotatable bonds is 6. The minimum absolute atomic E-state index is 0.0297. The molecule has 2 aromatic carbocycles. The van der Waals surface area contributed by atoms with E-state index in [0.29, 0.717) is 35.4 Å². The average molecular weight is 545 g/mol. The van der Waals surface area contributed by atoms with Gasteiger partial charge in [0.25, 0.3) is 5.56 Å². The van der Waals surface area contributed by atoms with Crippen LogP contribution in [0.3, 0.4) is 0 Å². The number of halogens is 1. The topological polar surface area (TPSA) is 73.7 Å². The van der Waals surface area contributed by atoms with Crippen LogP contribution >= 0.6 is 0 Å². The van der Waals surface area contributed by atoms with Crippen LogP contribution in [-0.4, -0.2) is 78.1 Å². The van der Waals surface area contributed by atoms with Crippen LogP contribution in [-0.2, 0) is 11.3 Å². The molecule has 2 fully saturated rings. The molecule has 1 amide bonds. The molecule has 8 nitrogen and oxygen atoms in total. The van der Waals surface area contributed by atoms with E-state index in [1.807, 2.05) is 29.2 Å². The second-order valence-corrected chi connectivity index (χ2v) is 11.2. The molecule has 0 radical (unpaired) electrons. The van der Waals surface area contributed by atoms with Gasteiger partial charge in [0.15, 0.2) is 0 Å². The number of anilines is 2. The van der Waals surface area contributed by atoms with Crippen molar-refractivity contribution in [3.63, 3.8) is 0 Å². The molecule has 3 aliphatic heterocycles. The van der Waals surface area contributed by atoms with Crippen LogP contribution in [0.4, 0.5) is 15.8 Å². The molecule has 0 saturated carbocycles. The quantitative estimate of drug-likeness (QED) is 0.505. The fraction of sp³-hybridized carbons (Fsp3) is 0.452. The number of nitrogens with zero attached hydrogens (tertiary/aromatic N) is 5. The van der Waals surface area contributed by atoms with Gasteiger partial charge in [-0.2, -0.15) is 0 Å². The van der Waals surface area contributed by atoms with Gasteiger partial charge in [0, 0.05) is 51.4 Å². The number of carbonyl (C=O) groups excluding carboxylic acids is 1. The van der Waals surface area contributed by atoms with Gasteiger partial charge in [-0.15, -0.1) is 0 Å². The molecule has 40 heavy (non-hydrogen) atoms. The summed E-state index contributed by atoms with van der Waals surface area (Å²) >= 11 is 0. The van der Waals surface area contributed by atoms with E-state index < -0.39 is 0 Å². The lowest BCUT2D eigenvalue weighted by atomic mass is 10.0. The number of carbonyl (C=O) groups is 1. The smallest absolute Gasteiger partial charge is 0.261 e. The lowest BCUT2D eigenvalue weighted by Crippen LogP contribution is -2.44. The first-order valence-corrected chi connectivity index (χ1v) is 14.5. The number of aromatic nitrogens is 2. The zero-order valence-electron chi connectivity index (χ0n) is 23.2. The first-order chi connectivity index (χ1) is 19.4. The number of fused-ring (bicyclic) bond motifs is 2. The second-order valence-electron chi connectivity index (χ2n) is 11.2. The molecule has 0 bridgehead atoms. The molecule has 2 saturated heterocycles. The fourth-order valence-electron chi connectivity index (χ4n) is 6.00. The summed E-state index contributed by atoms with van der Waals surface area (Å²) in [5.41, 5.74) is 3.59. The van der Waals surface area contributed by atoms with Crippen LogP contribution in [0.5, 0.6) is 0 Å². The van der Waals surface area contributed by atoms with E-state index in [2.05, 4.69) is 28.2 Å². The van der Waals surface area contributed by atoms with Gasteiger partial charge in [0.2, 0.25) is 5.91 Å². The molecule has 1 N–H and O–H groups in total. The van der Waals surface area contributed by atoms with E-state index in [0.717, 1.165) is 75.5 Å². The van der Waals surface area contributed by atoms with Gasteiger partial charge >= 0.3 is 0 Å². The number of nitrogens with one attached hydrogen (secondary N) is 1. The molecule has 0 atom stereocenters. The molecule has 3 aliphatic rings. The first-order valence-electron chi connectivity index (χ1n) is 14.5. The van der Waals surface area contributed by atoms with Crippen molar-refractivity contribution < 1.29 is 9.18 Å². The monoisotopic (exact) mass is 544 g/mol. The Morgan fingerprint density at radius 3 is 2.50 bits per heavy atom. The van der Waals surface area contributed by atoms with Gasteiger partial charge in [-0.25, -0.2) is 9.37 Å². The molecule has 9 heteroatoms. The first kappa shape index (κ1) is 26.7. The standard InChI is InChI=1S/C31H37FN6O2/c1-35-15-17-37(18-16-35)28-21-27-25(20-26(28)32)31(40)38-13-4-5-23(30(38)34-27)19-22-6-8-24(9-7-22)33-29(39)10-14-36-11-2-3-12-36/h6-9,19-21H,2-5,10-18H2,1H3,(H,33,39)/b23-19+. The van der Waals surface area contributed by atoms with Crippen LogP contribution in [0.1, 0.15) is 43.5 Å². The van der Waals surface area contributed by atoms with Crippen molar-refractivity contribution >= 4 is 39.8 Å². The molecule has 6 rings (SSSR count). The van der Waals surface area contributed by atoms with Crippen LogP contribution in [0.15, 0.2) is 41.2 Å². The van der Waals surface area contributed by atoms with Crippen molar-refractivity contribution in [3.05, 3.63) is 64.0 Å². The molecule has 0 aliphatic carbocycles. The Bertz CT molecular complexity index is 1480. The van der Waals surface area contributed by atoms with E-state index in [-0.39, 0.29) is 17.3 Å². The number of likely N-dealkylation sites (N-methyl/N-ethyl adjacent to an activating group) is 1. The summed E-state index contributed by atoms with van der Waals surface area (Å²) in [5, 5.41) is 3.32. The van der Waals surface area contributed by atoms with Crippen molar-refractivity contribution in [1.29, 1.82) is 0 Å². The molecule has 1 aromatic heterocycles. The number of hydrogen-bond donors (Lipinski definition) is 1. The number of allylic oxidation sites excluding steroid dienone is 1. The predicted octanol–water partition coefficient (Wildman–Crippen LogP) is 4.05. The zero-order valence-corrected chi connectivity index (χ0v) is 23.2. The molecule has 210 valence electrons. The number of benzene rings is 2. The van der Waals surface area contributed by atoms with Crippen LogP contribution < -0.4 is 15.8 Å². The maximum absolute atomic E-state index is 15.1. The minimum Gasteiger partial charge on any atom is -0.367 e. The summed E-state index contributed by atoms with van der Waals surface area (Å²) in [6.07, 6.45) is 6.63. The van der Waals surface area contributed by atoms with Crippen LogP contribution in [0, 0.1) is 5.82 Å². The van der Waals surface area contributed by atoms with Crippen molar-refractivity contribution in [2.24, 2.45) is 0 Å². The SMILES string of the molecule is CN1CCN(c2cc3nc4n(c(=O)c3cc2F)CCC/C4=C\c2ccc(NC(=O)CCN3CCCC3)cc2)CC1. The number of piperazine rings is 1. The highest BCUT2D eigenvalue weighted by Gasteiger charge is 2.23. The highest BCUT2D eigenvalue weighted by Crippen LogP contribution is 2.30. The molecule has 0 unspecified atom stereocenters. The van der Waals surface area contributed by atoms with E-state index in [9.17, 15) is 9.59 Å². The second kappa shape index (κ2) is 11.5. The molecule has 0 spiro atoms. The van der Waals surface area contributed by atoms with Crippen molar-refractivity contribution in [2.45, 2.75) is 38.6 Å². The minimum atomic E-state index is -0.369. The van der Waals surface area contributed by atoms with Gasteiger partial charge in [0.1, 0.15) is 11.6 Å². The number of hydrogen-bond acceptors (Lipinski definition) is 6. The third kappa shape index (κ3) is 5.67. The summed E-state index contributed by atoms with van der Waals surface area (Å²) in [6, 6.07) is 10.9. The third-order valence-corrected chi connectivity index (χ3v) is 8.37. The van der Waals surface area contributed by atoms with Crippen molar-refractivity contribution in [3.8, 4) is 0 Å². The Morgan fingerprint density at radius 1 is 1.00 bits per heavy atom. The summed E-state index contributed by atoms with van der Waals surface area (Å²) < 4.78 is 16.8. The maximum Gasteiger partial charge on any atom is 0.261 e. The Balaban J connectivity index is 1.23. The Labute approximate surface area is 234 Å². The zero-order chi connectivity index (χ0) is 27.6. The van der Waals surface area contributed by atoms with Gasteiger partial charge < -0.3 is 20.0 Å². The Morgan fingerprint density at radius 2 is 1.75 bits per heavy atom. The van der Waals surface area contributed by atoms with Crippen LogP contribution in [0.2, 0.25) is 0 Å². The lowest BCUT2D eigenvalue weighted by Gasteiger charge is -2.34. The third-order valence-electron chi connectivity index (χ3n) is 8.37. The number of likely N-dealkylation sites (tertiary alicyclic amines) is 1. The molecule has 4 heterocycles. The molecule has 3 aromatic rings. The normalized spacial score (nSPS) is 19.4. The highest BCUT2D eigenvalue weighted by atomic mass is 19.1. The fourth-order valence-corrected chi connectivity index (χ4v) is 6.00. The largest absolute Gasteiger partial charge is 0.367 e. The highest BCUT2D eigenvalue weighted by molar-refractivity contribution is 5.91. The van der Waals surface area contributed by atoms with Gasteiger partial charge in [-0.05, 0) is 87.3 Å². The van der Waals surface area contributed by atoms with Gasteiger partial charge in [-0.3, -0.25) is 14.2 Å². The molecular formula is C31H37FN6O2. The predicted molar refractivity (Wildman–Crippen MR) is 158 cm³/mol. The van der Waals surface area contributed by atoms with E-state index in [1.54, 1.807) is 10.6 Å². The van der Waals surface area contributed by atoms with Crippen molar-refractivity contribution in [1.82, 2.24) is 19.4 Å². The molecular weight excluding hydrogens is 507 g/mol.